The highest BCUT2D eigenvalue weighted by Crippen LogP contribution is 2.39. The van der Waals surface area contributed by atoms with Gasteiger partial charge in [-0.1, -0.05) is 19.3 Å². The number of nitrogen functional groups attached to an aromatic ring is 1. The molecule has 2 aromatic rings. The predicted molar refractivity (Wildman–Crippen MR) is 84.3 cm³/mol. The van der Waals surface area contributed by atoms with Crippen molar-refractivity contribution in [2.45, 2.75) is 38.0 Å². The van der Waals surface area contributed by atoms with Crippen LogP contribution in [0.3, 0.4) is 0 Å². The van der Waals surface area contributed by atoms with Gasteiger partial charge in [-0.15, -0.1) is 11.3 Å². The summed E-state index contributed by atoms with van der Waals surface area (Å²) in [6.45, 7) is 0. The number of methoxy groups -OCH3 is 1. The van der Waals surface area contributed by atoms with E-state index < -0.39 is 0 Å². The molecule has 0 saturated heterocycles. The van der Waals surface area contributed by atoms with Crippen molar-refractivity contribution in [2.24, 2.45) is 0 Å². The van der Waals surface area contributed by atoms with E-state index in [1.54, 1.807) is 18.4 Å². The lowest BCUT2D eigenvalue weighted by atomic mass is 9.90. The van der Waals surface area contributed by atoms with E-state index in [1.807, 2.05) is 24.3 Å². The van der Waals surface area contributed by atoms with Crippen molar-refractivity contribution in [3.05, 3.63) is 29.3 Å². The molecule has 0 spiro atoms. The Bertz CT molecular complexity index is 571. The summed E-state index contributed by atoms with van der Waals surface area (Å²) in [4.78, 5) is 4.81. The maximum atomic E-state index is 6.18. The molecule has 1 aliphatic carbocycles. The van der Waals surface area contributed by atoms with Crippen molar-refractivity contribution in [3.8, 4) is 17.0 Å². The standard InChI is InChI=1S/C16H20N2OS/c1-19-13-9-7-11(8-10-13)14-15(17)20-16(18-14)12-5-3-2-4-6-12/h7-10,12H,2-6,17H2,1H3. The quantitative estimate of drug-likeness (QED) is 0.907. The van der Waals surface area contributed by atoms with Gasteiger partial charge in [0.15, 0.2) is 0 Å². The molecule has 0 atom stereocenters. The number of aromatic nitrogens is 1. The van der Waals surface area contributed by atoms with E-state index in [0.29, 0.717) is 5.92 Å². The van der Waals surface area contributed by atoms with E-state index >= 15 is 0 Å². The van der Waals surface area contributed by atoms with Crippen LogP contribution >= 0.6 is 11.3 Å². The van der Waals surface area contributed by atoms with Crippen molar-refractivity contribution < 1.29 is 4.74 Å². The van der Waals surface area contributed by atoms with Crippen LogP contribution in [0.4, 0.5) is 5.00 Å². The van der Waals surface area contributed by atoms with Gasteiger partial charge in [0.2, 0.25) is 0 Å². The Morgan fingerprint density at radius 1 is 1.15 bits per heavy atom. The second-order valence-corrected chi connectivity index (χ2v) is 6.39. The van der Waals surface area contributed by atoms with Crippen LogP contribution in [0.25, 0.3) is 11.3 Å². The average Bonchev–Trinajstić information content (AvgIpc) is 2.90. The second-order valence-electron chi connectivity index (χ2n) is 5.33. The van der Waals surface area contributed by atoms with Crippen molar-refractivity contribution >= 4 is 16.3 Å². The van der Waals surface area contributed by atoms with Crippen molar-refractivity contribution in [2.75, 3.05) is 12.8 Å². The zero-order chi connectivity index (χ0) is 13.9. The first kappa shape index (κ1) is 13.4. The normalized spacial score (nSPS) is 16.2. The van der Waals surface area contributed by atoms with Gasteiger partial charge in [0.25, 0.3) is 0 Å². The monoisotopic (exact) mass is 288 g/mol. The minimum atomic E-state index is 0.614. The molecule has 106 valence electrons. The zero-order valence-electron chi connectivity index (χ0n) is 11.8. The van der Waals surface area contributed by atoms with Crippen LogP contribution in [-0.4, -0.2) is 12.1 Å². The van der Waals surface area contributed by atoms with E-state index in [1.165, 1.54) is 37.1 Å². The number of anilines is 1. The summed E-state index contributed by atoms with van der Waals surface area (Å²) in [5, 5.41) is 2.05. The van der Waals surface area contributed by atoms with Crippen LogP contribution < -0.4 is 10.5 Å². The van der Waals surface area contributed by atoms with Crippen LogP contribution in [-0.2, 0) is 0 Å². The van der Waals surface area contributed by atoms with Crippen molar-refractivity contribution in [1.29, 1.82) is 0 Å². The van der Waals surface area contributed by atoms with Gasteiger partial charge in [-0.25, -0.2) is 4.98 Å². The number of benzene rings is 1. The number of nitrogens with zero attached hydrogens (tertiary/aromatic N) is 1. The van der Waals surface area contributed by atoms with Crippen LogP contribution in [0.5, 0.6) is 5.75 Å². The Hall–Kier alpha value is -1.55. The number of hydrogen-bond donors (Lipinski definition) is 1. The van der Waals surface area contributed by atoms with Crippen LogP contribution in [0.15, 0.2) is 24.3 Å². The summed E-state index contributed by atoms with van der Waals surface area (Å²) in [6, 6.07) is 7.95. The Morgan fingerprint density at radius 2 is 1.85 bits per heavy atom. The van der Waals surface area contributed by atoms with Gasteiger partial charge < -0.3 is 10.5 Å². The van der Waals surface area contributed by atoms with Gasteiger partial charge >= 0.3 is 0 Å². The zero-order valence-corrected chi connectivity index (χ0v) is 12.6. The number of nitrogens with two attached hydrogens (primary N) is 1. The Balaban J connectivity index is 1.87. The van der Waals surface area contributed by atoms with Gasteiger partial charge in [-0.3, -0.25) is 0 Å². The first-order valence-corrected chi connectivity index (χ1v) is 8.00. The maximum Gasteiger partial charge on any atom is 0.118 e. The van der Waals surface area contributed by atoms with E-state index in [9.17, 15) is 0 Å². The molecule has 20 heavy (non-hydrogen) atoms. The Morgan fingerprint density at radius 3 is 2.50 bits per heavy atom. The summed E-state index contributed by atoms with van der Waals surface area (Å²) in [7, 11) is 1.67. The molecular weight excluding hydrogens is 268 g/mol. The third-order valence-corrected chi connectivity index (χ3v) is 5.03. The first-order chi connectivity index (χ1) is 9.78. The molecule has 1 fully saturated rings. The fourth-order valence-corrected chi connectivity index (χ4v) is 3.85. The van der Waals surface area contributed by atoms with Crippen LogP contribution in [0, 0.1) is 0 Å². The van der Waals surface area contributed by atoms with Gasteiger partial charge in [0.1, 0.15) is 16.4 Å². The molecule has 0 amide bonds. The lowest BCUT2D eigenvalue weighted by Gasteiger charge is -2.18. The molecule has 1 aliphatic rings. The summed E-state index contributed by atoms with van der Waals surface area (Å²) in [6.07, 6.45) is 6.52. The molecule has 1 aromatic heterocycles. The highest BCUT2D eigenvalue weighted by molar-refractivity contribution is 7.16. The highest BCUT2D eigenvalue weighted by Gasteiger charge is 2.21. The molecule has 0 bridgehead atoms. The second kappa shape index (κ2) is 5.83. The Kier molecular flexibility index (Phi) is 3.92. The van der Waals surface area contributed by atoms with Crippen molar-refractivity contribution in [1.82, 2.24) is 4.98 Å². The minimum absolute atomic E-state index is 0.614. The molecular formula is C16H20N2OS. The topological polar surface area (TPSA) is 48.1 Å². The van der Waals surface area contributed by atoms with Crippen LogP contribution in [0.1, 0.15) is 43.0 Å². The molecule has 1 aromatic carbocycles. The summed E-state index contributed by atoms with van der Waals surface area (Å²) < 4.78 is 5.19. The van der Waals surface area contributed by atoms with Gasteiger partial charge in [-0.2, -0.15) is 0 Å². The number of ether oxygens (including phenoxy) is 1. The molecule has 1 heterocycles. The number of thiazole rings is 1. The first-order valence-electron chi connectivity index (χ1n) is 7.18. The predicted octanol–water partition coefficient (Wildman–Crippen LogP) is 4.45. The molecule has 4 heteroatoms. The lowest BCUT2D eigenvalue weighted by Crippen LogP contribution is -2.03. The summed E-state index contributed by atoms with van der Waals surface area (Å²) in [5.74, 6) is 1.47. The molecule has 0 radical (unpaired) electrons. The van der Waals surface area contributed by atoms with E-state index in [-0.39, 0.29) is 0 Å². The molecule has 0 aliphatic heterocycles. The van der Waals surface area contributed by atoms with Gasteiger partial charge in [0, 0.05) is 11.5 Å². The van der Waals surface area contributed by atoms with E-state index in [0.717, 1.165) is 22.0 Å². The summed E-state index contributed by atoms with van der Waals surface area (Å²) in [5.41, 5.74) is 8.18. The van der Waals surface area contributed by atoms with Gasteiger partial charge in [0.05, 0.1) is 12.1 Å². The van der Waals surface area contributed by atoms with E-state index in [4.69, 9.17) is 15.5 Å². The maximum absolute atomic E-state index is 6.18. The lowest BCUT2D eigenvalue weighted by molar-refractivity contribution is 0.415. The third-order valence-electron chi connectivity index (χ3n) is 3.99. The molecule has 3 rings (SSSR count). The smallest absolute Gasteiger partial charge is 0.118 e. The van der Waals surface area contributed by atoms with Crippen LogP contribution in [0.2, 0.25) is 0 Å². The fourth-order valence-electron chi connectivity index (χ4n) is 2.83. The largest absolute Gasteiger partial charge is 0.497 e. The summed E-state index contributed by atoms with van der Waals surface area (Å²) >= 11 is 1.66. The van der Waals surface area contributed by atoms with Crippen molar-refractivity contribution in [3.63, 3.8) is 0 Å². The minimum Gasteiger partial charge on any atom is -0.497 e. The number of hydrogen-bond acceptors (Lipinski definition) is 4. The molecule has 3 nitrogen and oxygen atoms in total. The fraction of sp³-hybridized carbons (Fsp3) is 0.438. The average molecular weight is 288 g/mol. The third kappa shape index (κ3) is 2.66. The molecule has 0 unspecified atom stereocenters. The molecule has 2 N–H and O–H groups in total. The van der Waals surface area contributed by atoms with E-state index in [2.05, 4.69) is 0 Å². The number of rotatable bonds is 3. The highest BCUT2D eigenvalue weighted by atomic mass is 32.1. The molecule has 1 saturated carbocycles. The SMILES string of the molecule is COc1ccc(-c2nc(C3CCCCC3)sc2N)cc1. The van der Waals surface area contributed by atoms with Gasteiger partial charge in [-0.05, 0) is 37.1 Å². The Labute approximate surface area is 123 Å².